The van der Waals surface area contributed by atoms with Crippen molar-refractivity contribution >= 4 is 5.91 Å². The average Bonchev–Trinajstić information content (AvgIpc) is 2.19. The van der Waals surface area contributed by atoms with E-state index < -0.39 is 0 Å². The number of amides is 1. The van der Waals surface area contributed by atoms with Crippen LogP contribution in [0.3, 0.4) is 0 Å². The number of piperidine rings is 1. The standard InChI is InChI=1S/C11H20N2O/c12-10(14)9-4-7-11(13-8-9)5-2-1-3-6-11/h9,13H,1-8H2,(H2,12,14). The van der Waals surface area contributed by atoms with Crippen LogP contribution >= 0.6 is 0 Å². The quantitative estimate of drug-likeness (QED) is 0.661. The highest BCUT2D eigenvalue weighted by Gasteiger charge is 2.36. The predicted octanol–water partition coefficient (Wildman–Crippen LogP) is 1.17. The Bertz CT molecular complexity index is 211. The van der Waals surface area contributed by atoms with Gasteiger partial charge in [-0.25, -0.2) is 0 Å². The van der Waals surface area contributed by atoms with Crippen LogP contribution in [0.25, 0.3) is 0 Å². The summed E-state index contributed by atoms with van der Waals surface area (Å²) >= 11 is 0. The molecule has 0 aromatic heterocycles. The third-order valence-electron chi connectivity index (χ3n) is 3.91. The summed E-state index contributed by atoms with van der Waals surface area (Å²) in [6.45, 7) is 0.801. The van der Waals surface area contributed by atoms with Crippen LogP contribution < -0.4 is 11.1 Å². The highest BCUT2D eigenvalue weighted by atomic mass is 16.1. The Morgan fingerprint density at radius 1 is 1.21 bits per heavy atom. The van der Waals surface area contributed by atoms with Crippen molar-refractivity contribution in [1.29, 1.82) is 0 Å². The van der Waals surface area contributed by atoms with Gasteiger partial charge in [0.2, 0.25) is 5.91 Å². The molecule has 3 nitrogen and oxygen atoms in total. The van der Waals surface area contributed by atoms with Crippen LogP contribution in [0.15, 0.2) is 0 Å². The lowest BCUT2D eigenvalue weighted by atomic mass is 9.74. The minimum absolute atomic E-state index is 0.0718. The van der Waals surface area contributed by atoms with Gasteiger partial charge in [-0.3, -0.25) is 4.79 Å². The molecule has 1 saturated carbocycles. The minimum atomic E-state index is -0.136. The molecule has 1 heterocycles. The summed E-state index contributed by atoms with van der Waals surface area (Å²) < 4.78 is 0. The molecule has 1 spiro atoms. The van der Waals surface area contributed by atoms with Gasteiger partial charge in [0.05, 0.1) is 5.92 Å². The summed E-state index contributed by atoms with van der Waals surface area (Å²) in [6.07, 6.45) is 8.77. The van der Waals surface area contributed by atoms with E-state index in [4.69, 9.17) is 5.73 Å². The molecule has 1 aliphatic carbocycles. The van der Waals surface area contributed by atoms with Crippen molar-refractivity contribution in [3.8, 4) is 0 Å². The van der Waals surface area contributed by atoms with Crippen LogP contribution in [0.5, 0.6) is 0 Å². The van der Waals surface area contributed by atoms with Gasteiger partial charge in [0.25, 0.3) is 0 Å². The lowest BCUT2D eigenvalue weighted by Gasteiger charge is -2.43. The number of carbonyl (C=O) groups is 1. The summed E-state index contributed by atoms with van der Waals surface area (Å²) in [4.78, 5) is 11.0. The number of hydrogen-bond donors (Lipinski definition) is 2. The molecule has 14 heavy (non-hydrogen) atoms. The SMILES string of the molecule is NC(=O)C1CCC2(CCCCC2)NC1. The summed E-state index contributed by atoms with van der Waals surface area (Å²) in [5, 5.41) is 3.57. The number of primary amides is 1. The van der Waals surface area contributed by atoms with E-state index in [2.05, 4.69) is 5.32 Å². The molecule has 0 aromatic rings. The van der Waals surface area contributed by atoms with E-state index in [1.807, 2.05) is 0 Å². The van der Waals surface area contributed by atoms with Gasteiger partial charge in [0.15, 0.2) is 0 Å². The number of carbonyl (C=O) groups excluding carboxylic acids is 1. The lowest BCUT2D eigenvalue weighted by Crippen LogP contribution is -2.54. The normalized spacial score (nSPS) is 31.6. The van der Waals surface area contributed by atoms with E-state index in [-0.39, 0.29) is 11.8 Å². The van der Waals surface area contributed by atoms with Crippen molar-refractivity contribution in [1.82, 2.24) is 5.32 Å². The van der Waals surface area contributed by atoms with E-state index in [1.54, 1.807) is 0 Å². The molecule has 1 saturated heterocycles. The first kappa shape index (κ1) is 9.97. The zero-order valence-corrected chi connectivity index (χ0v) is 8.72. The van der Waals surface area contributed by atoms with Crippen molar-refractivity contribution in [2.75, 3.05) is 6.54 Å². The van der Waals surface area contributed by atoms with Gasteiger partial charge in [-0.2, -0.15) is 0 Å². The zero-order chi connectivity index (χ0) is 10.0. The van der Waals surface area contributed by atoms with Gasteiger partial charge in [-0.15, -0.1) is 0 Å². The smallest absolute Gasteiger partial charge is 0.221 e. The number of nitrogens with two attached hydrogens (primary N) is 1. The van der Waals surface area contributed by atoms with E-state index in [0.29, 0.717) is 5.54 Å². The van der Waals surface area contributed by atoms with E-state index >= 15 is 0 Å². The van der Waals surface area contributed by atoms with Crippen molar-refractivity contribution in [3.05, 3.63) is 0 Å². The molecule has 2 rings (SSSR count). The van der Waals surface area contributed by atoms with Crippen molar-refractivity contribution in [2.45, 2.75) is 50.5 Å². The van der Waals surface area contributed by atoms with Gasteiger partial charge in [-0.1, -0.05) is 19.3 Å². The van der Waals surface area contributed by atoms with Crippen molar-refractivity contribution in [2.24, 2.45) is 11.7 Å². The maximum Gasteiger partial charge on any atom is 0.221 e. The summed E-state index contributed by atoms with van der Waals surface area (Å²) in [7, 11) is 0. The molecule has 3 N–H and O–H groups in total. The Morgan fingerprint density at radius 3 is 2.43 bits per heavy atom. The lowest BCUT2D eigenvalue weighted by molar-refractivity contribution is -0.122. The fraction of sp³-hybridized carbons (Fsp3) is 0.909. The molecule has 3 heteroatoms. The van der Waals surface area contributed by atoms with Crippen molar-refractivity contribution < 1.29 is 4.79 Å². The average molecular weight is 196 g/mol. The Morgan fingerprint density at radius 2 is 1.93 bits per heavy atom. The minimum Gasteiger partial charge on any atom is -0.369 e. The molecule has 0 aromatic carbocycles. The fourth-order valence-electron chi connectivity index (χ4n) is 2.88. The van der Waals surface area contributed by atoms with Gasteiger partial charge in [0, 0.05) is 12.1 Å². The monoisotopic (exact) mass is 196 g/mol. The third-order valence-corrected chi connectivity index (χ3v) is 3.91. The second-order valence-corrected chi connectivity index (χ2v) is 4.86. The largest absolute Gasteiger partial charge is 0.369 e. The number of rotatable bonds is 1. The van der Waals surface area contributed by atoms with Gasteiger partial charge in [-0.05, 0) is 25.7 Å². The van der Waals surface area contributed by atoms with Gasteiger partial charge < -0.3 is 11.1 Å². The van der Waals surface area contributed by atoms with E-state index in [1.165, 1.54) is 32.1 Å². The molecule has 1 atom stereocenters. The number of hydrogen-bond acceptors (Lipinski definition) is 2. The van der Waals surface area contributed by atoms with Crippen LogP contribution in [0, 0.1) is 5.92 Å². The zero-order valence-electron chi connectivity index (χ0n) is 8.72. The second kappa shape index (κ2) is 3.89. The van der Waals surface area contributed by atoms with Crippen LogP contribution in [0.4, 0.5) is 0 Å². The van der Waals surface area contributed by atoms with Crippen molar-refractivity contribution in [3.63, 3.8) is 0 Å². The second-order valence-electron chi connectivity index (χ2n) is 4.86. The topological polar surface area (TPSA) is 55.1 Å². The Labute approximate surface area is 85.4 Å². The Balaban J connectivity index is 1.90. The molecular weight excluding hydrogens is 176 g/mol. The highest BCUT2D eigenvalue weighted by Crippen LogP contribution is 2.35. The molecule has 1 aliphatic heterocycles. The molecule has 80 valence electrons. The molecule has 1 unspecified atom stereocenters. The van der Waals surface area contributed by atoms with Gasteiger partial charge in [0.1, 0.15) is 0 Å². The van der Waals surface area contributed by atoms with E-state index in [9.17, 15) is 4.79 Å². The third kappa shape index (κ3) is 1.92. The van der Waals surface area contributed by atoms with Crippen LogP contribution in [0.1, 0.15) is 44.9 Å². The first-order valence-corrected chi connectivity index (χ1v) is 5.76. The predicted molar refractivity (Wildman–Crippen MR) is 55.7 cm³/mol. The number of nitrogens with one attached hydrogen (secondary N) is 1. The van der Waals surface area contributed by atoms with Gasteiger partial charge >= 0.3 is 0 Å². The van der Waals surface area contributed by atoms with Crippen LogP contribution in [-0.4, -0.2) is 18.0 Å². The fourth-order valence-corrected chi connectivity index (χ4v) is 2.88. The summed E-state index contributed by atoms with van der Waals surface area (Å²) in [6, 6.07) is 0. The maximum absolute atomic E-state index is 11.0. The first-order valence-electron chi connectivity index (χ1n) is 5.76. The maximum atomic E-state index is 11.0. The molecule has 2 fully saturated rings. The first-order chi connectivity index (χ1) is 6.72. The highest BCUT2D eigenvalue weighted by molar-refractivity contribution is 5.77. The summed E-state index contributed by atoms with van der Waals surface area (Å²) in [5.41, 5.74) is 5.67. The Hall–Kier alpha value is -0.570. The Kier molecular flexibility index (Phi) is 2.77. The van der Waals surface area contributed by atoms with Crippen LogP contribution in [-0.2, 0) is 4.79 Å². The molecule has 1 amide bonds. The van der Waals surface area contributed by atoms with E-state index in [0.717, 1.165) is 19.4 Å². The molecule has 0 radical (unpaired) electrons. The van der Waals surface area contributed by atoms with Crippen LogP contribution in [0.2, 0.25) is 0 Å². The molecule has 2 aliphatic rings. The summed E-state index contributed by atoms with van der Waals surface area (Å²) in [5.74, 6) is -0.0642. The molecular formula is C11H20N2O. The molecule has 0 bridgehead atoms.